The van der Waals surface area contributed by atoms with Crippen molar-refractivity contribution in [1.82, 2.24) is 9.97 Å². The van der Waals surface area contributed by atoms with E-state index in [-0.39, 0.29) is 17.7 Å². The summed E-state index contributed by atoms with van der Waals surface area (Å²) < 4.78 is 51.4. The molecule has 1 aromatic heterocycles. The van der Waals surface area contributed by atoms with Crippen LogP contribution in [0.4, 0.5) is 23.2 Å². The van der Waals surface area contributed by atoms with E-state index in [1.807, 2.05) is 6.92 Å². The van der Waals surface area contributed by atoms with Gasteiger partial charge < -0.3 is 5.32 Å². The lowest BCUT2D eigenvalue weighted by atomic mass is 9.78. The van der Waals surface area contributed by atoms with Crippen molar-refractivity contribution in [1.29, 1.82) is 0 Å². The predicted molar refractivity (Wildman–Crippen MR) is 86.6 cm³/mol. The number of aromatic nitrogens is 2. The Morgan fingerprint density at radius 2 is 1.92 bits per heavy atom. The van der Waals surface area contributed by atoms with Gasteiger partial charge in [0.1, 0.15) is 11.9 Å². The average Bonchev–Trinajstić information content (AvgIpc) is 2.83. The molecule has 0 bridgehead atoms. The number of fused-ring (bicyclic) bond motifs is 3. The first kappa shape index (κ1) is 16.9. The summed E-state index contributed by atoms with van der Waals surface area (Å²) in [6.07, 6.45) is -3.39. The molecule has 4 nitrogen and oxygen atoms in total. The van der Waals surface area contributed by atoms with Crippen LogP contribution >= 0.6 is 0 Å². The number of anilines is 1. The topological polar surface area (TPSA) is 54.9 Å². The molecule has 2 aliphatic carbocycles. The van der Waals surface area contributed by atoms with E-state index in [9.17, 15) is 22.4 Å². The van der Waals surface area contributed by atoms with Gasteiger partial charge in [-0.25, -0.2) is 14.4 Å². The van der Waals surface area contributed by atoms with Gasteiger partial charge in [0.15, 0.2) is 0 Å². The third-order valence-corrected chi connectivity index (χ3v) is 5.03. The standard InChI is InChI=1S/C18H15F4N3O/c1-8(9-4-10(19)5-9)24-11-2-3-12-13(6-11)16(26)15-14(12)7-23-17(25-15)18(20,21)22/h2-3,6-10,24H,4-5H2,1H3. The van der Waals surface area contributed by atoms with Gasteiger partial charge in [0.05, 0.1) is 0 Å². The summed E-state index contributed by atoms with van der Waals surface area (Å²) in [7, 11) is 0. The minimum absolute atomic E-state index is 0.0376. The van der Waals surface area contributed by atoms with Crippen LogP contribution in [-0.2, 0) is 6.18 Å². The predicted octanol–water partition coefficient (Wildman–Crippen LogP) is 4.26. The van der Waals surface area contributed by atoms with Gasteiger partial charge in [0.25, 0.3) is 0 Å². The van der Waals surface area contributed by atoms with E-state index >= 15 is 0 Å². The van der Waals surface area contributed by atoms with Crippen molar-refractivity contribution in [3.63, 3.8) is 0 Å². The van der Waals surface area contributed by atoms with Gasteiger partial charge in [-0.1, -0.05) is 6.07 Å². The Morgan fingerprint density at radius 3 is 2.58 bits per heavy atom. The van der Waals surface area contributed by atoms with Gasteiger partial charge in [-0.2, -0.15) is 13.2 Å². The molecule has 2 aromatic rings. The molecule has 8 heteroatoms. The molecule has 1 unspecified atom stereocenters. The third-order valence-electron chi connectivity index (χ3n) is 5.03. The first-order valence-electron chi connectivity index (χ1n) is 8.28. The van der Waals surface area contributed by atoms with E-state index in [1.54, 1.807) is 18.2 Å². The maximum atomic E-state index is 13.0. The Balaban J connectivity index is 1.61. The van der Waals surface area contributed by atoms with Crippen molar-refractivity contribution in [2.75, 3.05) is 5.32 Å². The van der Waals surface area contributed by atoms with Gasteiger partial charge in [-0.15, -0.1) is 0 Å². The van der Waals surface area contributed by atoms with Crippen LogP contribution in [0.5, 0.6) is 0 Å². The fourth-order valence-electron chi connectivity index (χ4n) is 3.45. The number of hydrogen-bond donors (Lipinski definition) is 1. The second-order valence-corrected chi connectivity index (χ2v) is 6.80. The molecular weight excluding hydrogens is 350 g/mol. The maximum absolute atomic E-state index is 13.0. The van der Waals surface area contributed by atoms with Gasteiger partial charge in [0.2, 0.25) is 11.6 Å². The number of rotatable bonds is 3. The number of carbonyl (C=O) groups excluding carboxylic acids is 1. The van der Waals surface area contributed by atoms with Gasteiger partial charge in [-0.05, 0) is 43.4 Å². The summed E-state index contributed by atoms with van der Waals surface area (Å²) in [6.45, 7) is 1.95. The summed E-state index contributed by atoms with van der Waals surface area (Å²) in [6, 6.07) is 5.06. The van der Waals surface area contributed by atoms with Gasteiger partial charge in [-0.3, -0.25) is 4.79 Å². The lowest BCUT2D eigenvalue weighted by Gasteiger charge is -2.35. The number of ketones is 1. The number of carbonyl (C=O) groups is 1. The summed E-state index contributed by atoms with van der Waals surface area (Å²) in [5, 5.41) is 3.24. The Morgan fingerprint density at radius 1 is 1.19 bits per heavy atom. The zero-order valence-corrected chi connectivity index (χ0v) is 13.8. The van der Waals surface area contributed by atoms with E-state index in [1.165, 1.54) is 0 Å². The largest absolute Gasteiger partial charge is 0.451 e. The number of hydrogen-bond acceptors (Lipinski definition) is 4. The van der Waals surface area contributed by atoms with Crippen LogP contribution in [0.3, 0.4) is 0 Å². The molecule has 1 fully saturated rings. The molecule has 0 amide bonds. The van der Waals surface area contributed by atoms with Crippen molar-refractivity contribution >= 4 is 11.5 Å². The van der Waals surface area contributed by atoms with E-state index in [2.05, 4.69) is 15.3 Å². The summed E-state index contributed by atoms with van der Waals surface area (Å²) in [5.74, 6) is -1.65. The monoisotopic (exact) mass is 365 g/mol. The van der Waals surface area contributed by atoms with Crippen LogP contribution in [0.25, 0.3) is 11.1 Å². The minimum Gasteiger partial charge on any atom is -0.382 e. The molecule has 1 saturated carbocycles. The quantitative estimate of drug-likeness (QED) is 0.705. The van der Waals surface area contributed by atoms with E-state index in [0.717, 1.165) is 6.20 Å². The Bertz CT molecular complexity index is 890. The van der Waals surface area contributed by atoms with E-state index in [0.29, 0.717) is 35.2 Å². The van der Waals surface area contributed by atoms with Crippen molar-refractivity contribution in [3.8, 4) is 11.1 Å². The number of nitrogens with one attached hydrogen (secondary N) is 1. The summed E-state index contributed by atoms with van der Waals surface area (Å²) >= 11 is 0. The second kappa shape index (κ2) is 5.75. The minimum atomic E-state index is -4.71. The van der Waals surface area contributed by atoms with Crippen LogP contribution < -0.4 is 5.32 Å². The van der Waals surface area contributed by atoms with Crippen molar-refractivity contribution < 1.29 is 22.4 Å². The highest BCUT2D eigenvalue weighted by Crippen LogP contribution is 2.39. The summed E-state index contributed by atoms with van der Waals surface area (Å²) in [4.78, 5) is 19.3. The lowest BCUT2D eigenvalue weighted by Crippen LogP contribution is -2.37. The van der Waals surface area contributed by atoms with Crippen LogP contribution in [0, 0.1) is 5.92 Å². The van der Waals surface area contributed by atoms with Crippen LogP contribution in [-0.4, -0.2) is 28.0 Å². The molecule has 2 aliphatic rings. The first-order chi connectivity index (χ1) is 12.2. The SMILES string of the molecule is CC(Nc1ccc2c(c1)C(=O)c1nc(C(F)(F)F)ncc1-2)C1CC(F)C1. The third kappa shape index (κ3) is 2.73. The molecule has 0 saturated heterocycles. The lowest BCUT2D eigenvalue weighted by molar-refractivity contribution is -0.145. The highest BCUT2D eigenvalue weighted by molar-refractivity contribution is 6.20. The molecule has 1 atom stereocenters. The zero-order valence-electron chi connectivity index (χ0n) is 13.8. The fraction of sp³-hybridized carbons (Fsp3) is 0.389. The number of benzene rings is 1. The molecule has 4 rings (SSSR count). The molecule has 26 heavy (non-hydrogen) atoms. The Hall–Kier alpha value is -2.51. The smallest absolute Gasteiger partial charge is 0.382 e. The van der Waals surface area contributed by atoms with Crippen molar-refractivity contribution in [2.24, 2.45) is 5.92 Å². The zero-order chi connectivity index (χ0) is 18.6. The van der Waals surface area contributed by atoms with Crippen molar-refractivity contribution in [2.45, 2.75) is 38.2 Å². The average molecular weight is 365 g/mol. The molecule has 1 N–H and O–H groups in total. The molecular formula is C18H15F4N3O. The molecule has 0 radical (unpaired) electrons. The van der Waals surface area contributed by atoms with E-state index < -0.39 is 24.0 Å². The molecule has 1 heterocycles. The normalized spacial score (nSPS) is 22.4. The first-order valence-corrected chi connectivity index (χ1v) is 8.28. The Kier molecular flexibility index (Phi) is 3.75. The molecule has 1 aromatic carbocycles. The van der Waals surface area contributed by atoms with Crippen LogP contribution in [0.15, 0.2) is 24.4 Å². The highest BCUT2D eigenvalue weighted by atomic mass is 19.4. The van der Waals surface area contributed by atoms with Gasteiger partial charge in [0, 0.05) is 29.1 Å². The molecule has 0 spiro atoms. The fourth-order valence-corrected chi connectivity index (χ4v) is 3.45. The Labute approximate surface area is 146 Å². The molecule has 0 aliphatic heterocycles. The van der Waals surface area contributed by atoms with Gasteiger partial charge >= 0.3 is 6.18 Å². The van der Waals surface area contributed by atoms with Crippen molar-refractivity contribution in [3.05, 3.63) is 41.5 Å². The van der Waals surface area contributed by atoms with E-state index in [4.69, 9.17) is 0 Å². The number of nitrogens with zero attached hydrogens (tertiary/aromatic N) is 2. The summed E-state index contributed by atoms with van der Waals surface area (Å²) in [5.41, 5.74) is 1.56. The number of halogens is 4. The highest BCUT2D eigenvalue weighted by Gasteiger charge is 2.38. The van der Waals surface area contributed by atoms with Crippen LogP contribution in [0.2, 0.25) is 0 Å². The number of alkyl halides is 4. The second-order valence-electron chi connectivity index (χ2n) is 6.80. The maximum Gasteiger partial charge on any atom is 0.451 e. The molecule has 136 valence electrons. The van der Waals surface area contributed by atoms with Crippen LogP contribution in [0.1, 0.15) is 41.6 Å².